The van der Waals surface area contributed by atoms with Crippen molar-refractivity contribution in [1.82, 2.24) is 10.2 Å². The van der Waals surface area contributed by atoms with Gasteiger partial charge in [0.25, 0.3) is 0 Å². The lowest BCUT2D eigenvalue weighted by Gasteiger charge is -2.31. The number of hydrogen-bond donors (Lipinski definition) is 2. The first-order valence-corrected chi connectivity index (χ1v) is 5.72. The molecule has 0 radical (unpaired) electrons. The zero-order chi connectivity index (χ0) is 12.9. The molecule has 1 saturated heterocycles. The molecule has 1 aliphatic rings. The number of hydrogen-bond acceptors (Lipinski definition) is 2. The van der Waals surface area contributed by atoms with Gasteiger partial charge in [-0.1, -0.05) is 0 Å². The molecule has 4 nitrogen and oxygen atoms in total. The molecule has 1 rings (SSSR count). The van der Waals surface area contributed by atoms with Gasteiger partial charge in [-0.2, -0.15) is 13.2 Å². The van der Waals surface area contributed by atoms with E-state index in [9.17, 15) is 18.0 Å². The number of nitrogens with one attached hydrogen (secondary N) is 1. The maximum absolute atomic E-state index is 11.9. The van der Waals surface area contributed by atoms with Crippen molar-refractivity contribution in [1.29, 1.82) is 0 Å². The van der Waals surface area contributed by atoms with E-state index >= 15 is 0 Å². The number of nitrogens with two attached hydrogens (primary N) is 1. The summed E-state index contributed by atoms with van der Waals surface area (Å²) in [7, 11) is 0. The zero-order valence-corrected chi connectivity index (χ0v) is 9.59. The van der Waals surface area contributed by atoms with Crippen molar-refractivity contribution < 1.29 is 18.0 Å². The molecule has 100 valence electrons. The lowest BCUT2D eigenvalue weighted by Crippen LogP contribution is -2.47. The highest BCUT2D eigenvalue weighted by atomic mass is 19.4. The Morgan fingerprint density at radius 1 is 1.35 bits per heavy atom. The van der Waals surface area contributed by atoms with Gasteiger partial charge in [0.05, 0.1) is 0 Å². The Hall–Kier alpha value is -0.980. The standard InChI is InChI=1S/C10H18F3N3O/c11-10(12,13)7-15-9(17)16-5-2-8(1-4-14)3-6-16/h8H,1-7,14H2,(H,15,17). The van der Waals surface area contributed by atoms with Crippen LogP contribution in [0.2, 0.25) is 0 Å². The first kappa shape index (κ1) is 14.1. The number of nitrogens with zero attached hydrogens (tertiary/aromatic N) is 1. The lowest BCUT2D eigenvalue weighted by atomic mass is 9.94. The fourth-order valence-electron chi connectivity index (χ4n) is 1.95. The van der Waals surface area contributed by atoms with Crippen LogP contribution in [0.3, 0.4) is 0 Å². The van der Waals surface area contributed by atoms with Gasteiger partial charge in [0.15, 0.2) is 0 Å². The van der Waals surface area contributed by atoms with Crippen molar-refractivity contribution in [3.63, 3.8) is 0 Å². The fourth-order valence-corrected chi connectivity index (χ4v) is 1.95. The highest BCUT2D eigenvalue weighted by Gasteiger charge is 2.29. The summed E-state index contributed by atoms with van der Waals surface area (Å²) in [5.41, 5.74) is 5.43. The maximum atomic E-state index is 11.9. The van der Waals surface area contributed by atoms with Crippen LogP contribution in [0.25, 0.3) is 0 Å². The van der Waals surface area contributed by atoms with Crippen molar-refractivity contribution in [3.8, 4) is 0 Å². The molecule has 1 aliphatic heterocycles. The fraction of sp³-hybridized carbons (Fsp3) is 0.900. The van der Waals surface area contributed by atoms with Crippen molar-refractivity contribution in [2.24, 2.45) is 11.7 Å². The Morgan fingerprint density at radius 2 is 1.94 bits per heavy atom. The number of alkyl halides is 3. The number of halogens is 3. The second-order valence-electron chi connectivity index (χ2n) is 4.28. The third-order valence-corrected chi connectivity index (χ3v) is 2.92. The highest BCUT2D eigenvalue weighted by Crippen LogP contribution is 2.20. The Morgan fingerprint density at radius 3 is 2.41 bits per heavy atom. The Kier molecular flexibility index (Phi) is 5.04. The second kappa shape index (κ2) is 6.09. The van der Waals surface area contributed by atoms with Crippen LogP contribution in [0.5, 0.6) is 0 Å². The van der Waals surface area contributed by atoms with Crippen LogP contribution >= 0.6 is 0 Å². The molecule has 3 N–H and O–H groups in total. The minimum absolute atomic E-state index is 0.492. The normalized spacial score (nSPS) is 18.2. The van der Waals surface area contributed by atoms with Crippen molar-refractivity contribution in [2.75, 3.05) is 26.2 Å². The monoisotopic (exact) mass is 253 g/mol. The first-order valence-electron chi connectivity index (χ1n) is 5.72. The van der Waals surface area contributed by atoms with E-state index in [1.807, 2.05) is 5.32 Å². The molecule has 1 heterocycles. The third-order valence-electron chi connectivity index (χ3n) is 2.92. The topological polar surface area (TPSA) is 58.4 Å². The van der Waals surface area contributed by atoms with Gasteiger partial charge in [-0.15, -0.1) is 0 Å². The van der Waals surface area contributed by atoms with E-state index in [2.05, 4.69) is 0 Å². The van der Waals surface area contributed by atoms with Gasteiger partial charge in [0, 0.05) is 13.1 Å². The van der Waals surface area contributed by atoms with Crippen LogP contribution in [0, 0.1) is 5.92 Å². The molecule has 0 bridgehead atoms. The van der Waals surface area contributed by atoms with E-state index in [4.69, 9.17) is 5.73 Å². The number of piperidine rings is 1. The number of carbonyl (C=O) groups is 1. The first-order chi connectivity index (χ1) is 7.92. The van der Waals surface area contributed by atoms with Gasteiger partial charge in [0.2, 0.25) is 0 Å². The second-order valence-corrected chi connectivity index (χ2v) is 4.28. The van der Waals surface area contributed by atoms with E-state index < -0.39 is 18.8 Å². The molecule has 0 aliphatic carbocycles. The quantitative estimate of drug-likeness (QED) is 0.797. The summed E-state index contributed by atoms with van der Waals surface area (Å²) in [5, 5.41) is 1.88. The van der Waals surface area contributed by atoms with Gasteiger partial charge in [-0.25, -0.2) is 4.79 Å². The minimum Gasteiger partial charge on any atom is -0.330 e. The molecule has 7 heteroatoms. The molecule has 0 saturated carbocycles. The summed E-state index contributed by atoms with van der Waals surface area (Å²) in [6, 6.07) is -0.631. The maximum Gasteiger partial charge on any atom is 0.405 e. The van der Waals surface area contributed by atoms with Gasteiger partial charge >= 0.3 is 12.2 Å². The Bertz CT molecular complexity index is 250. The van der Waals surface area contributed by atoms with E-state index in [-0.39, 0.29) is 0 Å². The number of carbonyl (C=O) groups excluding carboxylic acids is 1. The summed E-state index contributed by atoms with van der Waals surface area (Å²) in [4.78, 5) is 12.8. The lowest BCUT2D eigenvalue weighted by molar-refractivity contribution is -0.123. The average molecular weight is 253 g/mol. The molecule has 17 heavy (non-hydrogen) atoms. The summed E-state index contributed by atoms with van der Waals surface area (Å²) in [6.07, 6.45) is -1.81. The minimum atomic E-state index is -4.35. The molecular weight excluding hydrogens is 235 g/mol. The molecule has 0 aromatic heterocycles. The van der Waals surface area contributed by atoms with Crippen molar-refractivity contribution >= 4 is 6.03 Å². The Labute approximate surface area is 98.3 Å². The van der Waals surface area contributed by atoms with E-state index in [1.54, 1.807) is 0 Å². The molecule has 2 amide bonds. The van der Waals surface area contributed by atoms with E-state index in [0.29, 0.717) is 25.6 Å². The molecule has 0 unspecified atom stereocenters. The van der Waals surface area contributed by atoms with Gasteiger partial charge in [0.1, 0.15) is 6.54 Å². The van der Waals surface area contributed by atoms with Crippen LogP contribution < -0.4 is 11.1 Å². The van der Waals surface area contributed by atoms with Crippen molar-refractivity contribution in [2.45, 2.75) is 25.4 Å². The van der Waals surface area contributed by atoms with Crippen LogP contribution in [-0.4, -0.2) is 43.3 Å². The smallest absolute Gasteiger partial charge is 0.330 e. The average Bonchev–Trinajstić information content (AvgIpc) is 2.26. The van der Waals surface area contributed by atoms with Crippen LogP contribution in [0.4, 0.5) is 18.0 Å². The summed E-state index contributed by atoms with van der Waals surface area (Å²) in [5.74, 6) is 0.492. The summed E-state index contributed by atoms with van der Waals surface area (Å²) < 4.78 is 35.7. The number of rotatable bonds is 3. The van der Waals surface area contributed by atoms with E-state index in [1.165, 1.54) is 4.90 Å². The largest absolute Gasteiger partial charge is 0.405 e. The summed E-state index contributed by atoms with van der Waals surface area (Å²) >= 11 is 0. The van der Waals surface area contributed by atoms with Gasteiger partial charge in [-0.05, 0) is 31.7 Å². The molecule has 0 aromatic carbocycles. The molecule has 0 atom stereocenters. The predicted octanol–water partition coefficient (Wildman–Crippen LogP) is 1.32. The van der Waals surface area contributed by atoms with Crippen LogP contribution in [-0.2, 0) is 0 Å². The van der Waals surface area contributed by atoms with E-state index in [0.717, 1.165) is 19.3 Å². The van der Waals surface area contributed by atoms with Crippen LogP contribution in [0.1, 0.15) is 19.3 Å². The summed E-state index contributed by atoms with van der Waals surface area (Å²) in [6.45, 7) is 0.363. The molecular formula is C10H18F3N3O. The van der Waals surface area contributed by atoms with Gasteiger partial charge < -0.3 is 16.0 Å². The van der Waals surface area contributed by atoms with Crippen LogP contribution in [0.15, 0.2) is 0 Å². The predicted molar refractivity (Wildman–Crippen MR) is 57.4 cm³/mol. The molecule has 1 fully saturated rings. The SMILES string of the molecule is NCCC1CCN(C(=O)NCC(F)(F)F)CC1. The Balaban J connectivity index is 2.26. The number of amides is 2. The number of urea groups is 1. The van der Waals surface area contributed by atoms with Gasteiger partial charge in [-0.3, -0.25) is 0 Å². The van der Waals surface area contributed by atoms with Crippen molar-refractivity contribution in [3.05, 3.63) is 0 Å². The molecule has 0 aromatic rings. The highest BCUT2D eigenvalue weighted by molar-refractivity contribution is 5.74. The third kappa shape index (κ3) is 5.25. The number of likely N-dealkylation sites (tertiary alicyclic amines) is 1. The molecule has 0 spiro atoms. The zero-order valence-electron chi connectivity index (χ0n) is 9.59.